The zero-order valence-corrected chi connectivity index (χ0v) is 18.3. The Morgan fingerprint density at radius 1 is 0.821 bits per heavy atom. The van der Waals surface area contributed by atoms with Crippen LogP contribution in [0.4, 0.5) is 0 Å². The average Bonchev–Trinajstić information content (AvgIpc) is 2.59. The summed E-state index contributed by atoms with van der Waals surface area (Å²) in [5.74, 6) is -0.952. The van der Waals surface area contributed by atoms with Crippen LogP contribution in [0.1, 0.15) is 73.1 Å². The number of aliphatic hydroxyl groups excluding tert-OH is 1. The molecule has 0 aromatic heterocycles. The van der Waals surface area contributed by atoms with Crippen LogP contribution in [-0.4, -0.2) is 22.8 Å². The molecular formula is C25H38O3. The molecule has 0 bridgehead atoms. The first-order valence-corrected chi connectivity index (χ1v) is 10.1. The molecule has 0 spiro atoms. The largest absolute Gasteiger partial charge is 0.478 e. The van der Waals surface area contributed by atoms with Crippen LogP contribution in [0.15, 0.2) is 70.4 Å². The fraction of sp³-hybridized carbons (Fsp3) is 0.480. The molecule has 28 heavy (non-hydrogen) atoms. The van der Waals surface area contributed by atoms with Gasteiger partial charge in [-0.25, -0.2) is 4.79 Å². The summed E-state index contributed by atoms with van der Waals surface area (Å²) in [6.45, 7) is 10.4. The zero-order chi connectivity index (χ0) is 21.4. The smallest absolute Gasteiger partial charge is 0.328 e. The van der Waals surface area contributed by atoms with Crippen molar-refractivity contribution in [2.45, 2.75) is 73.1 Å². The van der Waals surface area contributed by atoms with Crippen molar-refractivity contribution in [2.24, 2.45) is 0 Å². The Labute approximate surface area is 171 Å². The first-order valence-electron chi connectivity index (χ1n) is 10.1. The number of hydrogen-bond acceptors (Lipinski definition) is 2. The van der Waals surface area contributed by atoms with E-state index in [-0.39, 0.29) is 6.61 Å². The summed E-state index contributed by atoms with van der Waals surface area (Å²) in [5.41, 5.74) is 5.82. The summed E-state index contributed by atoms with van der Waals surface area (Å²) in [6.07, 6.45) is 19.5. The van der Waals surface area contributed by atoms with Gasteiger partial charge in [-0.15, -0.1) is 0 Å². The first-order chi connectivity index (χ1) is 13.2. The van der Waals surface area contributed by atoms with Crippen molar-refractivity contribution in [3.8, 4) is 0 Å². The van der Waals surface area contributed by atoms with E-state index >= 15 is 0 Å². The molecule has 2 N–H and O–H groups in total. The lowest BCUT2D eigenvalue weighted by Gasteiger charge is -2.03. The molecule has 0 amide bonds. The van der Waals surface area contributed by atoms with E-state index in [2.05, 4.69) is 45.9 Å². The van der Waals surface area contributed by atoms with Gasteiger partial charge >= 0.3 is 5.97 Å². The van der Waals surface area contributed by atoms with E-state index in [1.165, 1.54) is 16.7 Å². The van der Waals surface area contributed by atoms with Gasteiger partial charge in [-0.1, -0.05) is 53.2 Å². The topological polar surface area (TPSA) is 57.5 Å². The number of carbonyl (C=O) groups is 1. The maximum Gasteiger partial charge on any atom is 0.328 e. The Bertz CT molecular complexity index is 651. The summed E-state index contributed by atoms with van der Waals surface area (Å²) in [7, 11) is 0. The first kappa shape index (κ1) is 25.9. The normalized spacial score (nSPS) is 13.9. The summed E-state index contributed by atoms with van der Waals surface area (Å²) < 4.78 is 0. The van der Waals surface area contributed by atoms with Gasteiger partial charge < -0.3 is 10.2 Å². The Morgan fingerprint density at radius 3 is 1.86 bits per heavy atom. The SMILES string of the molecule is CC(C)=CCCC(C)=CCCC(C)=CCCC(=CC=CC(C)=CC(=O)O)CO. The lowest BCUT2D eigenvalue weighted by molar-refractivity contribution is -0.131. The fourth-order valence-electron chi connectivity index (χ4n) is 2.64. The number of aliphatic hydroxyl groups is 1. The van der Waals surface area contributed by atoms with Crippen LogP contribution in [0.25, 0.3) is 0 Å². The van der Waals surface area contributed by atoms with Crippen LogP contribution in [0.3, 0.4) is 0 Å². The highest BCUT2D eigenvalue weighted by Gasteiger charge is 1.96. The second-order valence-electron chi connectivity index (χ2n) is 7.57. The Morgan fingerprint density at radius 2 is 1.36 bits per heavy atom. The maximum atomic E-state index is 10.6. The number of carboxylic acid groups (broad SMARTS) is 1. The Hall–Kier alpha value is -2.13. The molecule has 0 heterocycles. The van der Waals surface area contributed by atoms with Gasteiger partial charge in [0.15, 0.2) is 0 Å². The monoisotopic (exact) mass is 386 g/mol. The van der Waals surface area contributed by atoms with E-state index in [4.69, 9.17) is 5.11 Å². The lowest BCUT2D eigenvalue weighted by atomic mass is 10.0. The van der Waals surface area contributed by atoms with Crippen molar-refractivity contribution >= 4 is 5.97 Å². The maximum absolute atomic E-state index is 10.6. The Balaban J connectivity index is 4.36. The van der Waals surface area contributed by atoms with Gasteiger partial charge in [0.1, 0.15) is 0 Å². The number of allylic oxidation sites excluding steroid dienone is 10. The minimum atomic E-state index is -0.952. The summed E-state index contributed by atoms with van der Waals surface area (Å²) in [6, 6.07) is 0. The van der Waals surface area contributed by atoms with Gasteiger partial charge in [0.25, 0.3) is 0 Å². The lowest BCUT2D eigenvalue weighted by Crippen LogP contribution is -1.90. The predicted octanol–water partition coefficient (Wildman–Crippen LogP) is 6.69. The molecule has 0 saturated heterocycles. The quantitative estimate of drug-likeness (QED) is 0.210. The third kappa shape index (κ3) is 16.1. The van der Waals surface area contributed by atoms with Crippen molar-refractivity contribution in [3.63, 3.8) is 0 Å². The van der Waals surface area contributed by atoms with E-state index in [0.717, 1.165) is 50.2 Å². The van der Waals surface area contributed by atoms with E-state index in [1.807, 2.05) is 6.08 Å². The fourth-order valence-corrected chi connectivity index (χ4v) is 2.64. The van der Waals surface area contributed by atoms with Gasteiger partial charge in [0.05, 0.1) is 6.61 Å². The molecule has 0 radical (unpaired) electrons. The number of aliphatic carboxylic acids is 1. The molecule has 0 aliphatic rings. The minimum absolute atomic E-state index is 0.0204. The average molecular weight is 387 g/mol. The van der Waals surface area contributed by atoms with Crippen molar-refractivity contribution in [1.29, 1.82) is 0 Å². The van der Waals surface area contributed by atoms with Crippen LogP contribution in [0, 0.1) is 0 Å². The molecule has 0 aliphatic carbocycles. The molecule has 0 rings (SSSR count). The van der Waals surface area contributed by atoms with Gasteiger partial charge in [-0.3, -0.25) is 0 Å². The second kappa shape index (κ2) is 15.9. The van der Waals surface area contributed by atoms with Gasteiger partial charge in [-0.05, 0) is 84.3 Å². The highest BCUT2D eigenvalue weighted by Crippen LogP contribution is 2.13. The molecule has 0 aromatic rings. The standard InChI is InChI=1S/C25H38O3/c1-20(2)10-6-11-21(3)12-7-13-22(4)14-8-16-24(19-26)17-9-15-23(5)18-25(27)28/h9-10,12,14-15,17-18,26H,6-8,11,13,16,19H2,1-5H3,(H,27,28). The molecule has 3 heteroatoms. The van der Waals surface area contributed by atoms with Crippen LogP contribution in [0.5, 0.6) is 0 Å². The van der Waals surface area contributed by atoms with Crippen LogP contribution < -0.4 is 0 Å². The Kier molecular flexibility index (Phi) is 14.7. The van der Waals surface area contributed by atoms with Crippen LogP contribution >= 0.6 is 0 Å². The predicted molar refractivity (Wildman–Crippen MR) is 120 cm³/mol. The number of rotatable bonds is 13. The summed E-state index contributed by atoms with van der Waals surface area (Å²) in [4.78, 5) is 10.6. The van der Waals surface area contributed by atoms with Crippen LogP contribution in [-0.2, 0) is 4.79 Å². The van der Waals surface area contributed by atoms with Gasteiger partial charge in [0.2, 0.25) is 0 Å². The molecule has 0 atom stereocenters. The molecule has 0 unspecified atom stereocenters. The molecule has 156 valence electrons. The van der Waals surface area contributed by atoms with Gasteiger partial charge in [-0.2, -0.15) is 0 Å². The zero-order valence-electron chi connectivity index (χ0n) is 18.3. The minimum Gasteiger partial charge on any atom is -0.478 e. The van der Waals surface area contributed by atoms with Crippen molar-refractivity contribution in [1.82, 2.24) is 0 Å². The summed E-state index contributed by atoms with van der Waals surface area (Å²) in [5, 5.41) is 18.1. The molecular weight excluding hydrogens is 348 g/mol. The highest BCUT2D eigenvalue weighted by molar-refractivity contribution is 5.81. The van der Waals surface area contributed by atoms with Gasteiger partial charge in [0, 0.05) is 6.08 Å². The third-order valence-corrected chi connectivity index (χ3v) is 4.33. The van der Waals surface area contributed by atoms with Crippen molar-refractivity contribution in [2.75, 3.05) is 6.61 Å². The van der Waals surface area contributed by atoms with E-state index in [0.29, 0.717) is 5.57 Å². The molecule has 0 fully saturated rings. The van der Waals surface area contributed by atoms with E-state index in [1.54, 1.807) is 19.1 Å². The molecule has 0 aromatic carbocycles. The van der Waals surface area contributed by atoms with Crippen molar-refractivity contribution in [3.05, 3.63) is 70.4 Å². The number of hydrogen-bond donors (Lipinski definition) is 2. The third-order valence-electron chi connectivity index (χ3n) is 4.33. The molecule has 3 nitrogen and oxygen atoms in total. The number of carboxylic acids is 1. The van der Waals surface area contributed by atoms with E-state index in [9.17, 15) is 9.90 Å². The summed E-state index contributed by atoms with van der Waals surface area (Å²) >= 11 is 0. The van der Waals surface area contributed by atoms with Crippen molar-refractivity contribution < 1.29 is 15.0 Å². The molecule has 0 aliphatic heterocycles. The highest BCUT2D eigenvalue weighted by atomic mass is 16.4. The molecule has 0 saturated carbocycles. The second-order valence-corrected chi connectivity index (χ2v) is 7.57. The van der Waals surface area contributed by atoms with E-state index < -0.39 is 5.97 Å². The van der Waals surface area contributed by atoms with Crippen LogP contribution in [0.2, 0.25) is 0 Å².